The molecule has 1 N–H and O–H groups in total. The monoisotopic (exact) mass is 276 g/mol. The number of nitrogens with one attached hydrogen (secondary N) is 1. The van der Waals surface area contributed by atoms with Crippen LogP contribution in [0, 0.1) is 0 Å². The molecule has 1 aliphatic rings. The van der Waals surface area contributed by atoms with Crippen LogP contribution in [0.1, 0.15) is 36.5 Å². The highest BCUT2D eigenvalue weighted by Gasteiger charge is 2.22. The van der Waals surface area contributed by atoms with E-state index in [1.54, 1.807) is 0 Å². The van der Waals surface area contributed by atoms with Gasteiger partial charge in [-0.05, 0) is 18.6 Å². The summed E-state index contributed by atoms with van der Waals surface area (Å²) in [6.45, 7) is 5.06. The Morgan fingerprint density at radius 1 is 1.45 bits per heavy atom. The SMILES string of the molecule is CCCC[C@@H]1CN(c2ccccc2C(=O)OC)CCN1. The van der Waals surface area contributed by atoms with E-state index in [4.69, 9.17) is 4.74 Å². The number of ether oxygens (including phenoxy) is 1. The third-order valence-corrected chi connectivity index (χ3v) is 3.81. The first-order valence-corrected chi connectivity index (χ1v) is 7.42. The predicted octanol–water partition coefficient (Wildman–Crippen LogP) is 2.44. The molecule has 0 aromatic heterocycles. The van der Waals surface area contributed by atoms with E-state index < -0.39 is 0 Å². The van der Waals surface area contributed by atoms with Gasteiger partial charge in [0, 0.05) is 25.7 Å². The summed E-state index contributed by atoms with van der Waals surface area (Å²) in [6.07, 6.45) is 3.65. The van der Waals surface area contributed by atoms with E-state index in [-0.39, 0.29) is 5.97 Å². The van der Waals surface area contributed by atoms with Crippen molar-refractivity contribution in [2.45, 2.75) is 32.2 Å². The molecule has 0 aliphatic carbocycles. The van der Waals surface area contributed by atoms with Gasteiger partial charge in [-0.15, -0.1) is 0 Å². The van der Waals surface area contributed by atoms with Crippen LogP contribution in [0.15, 0.2) is 24.3 Å². The van der Waals surface area contributed by atoms with Crippen molar-refractivity contribution in [3.05, 3.63) is 29.8 Å². The molecule has 1 heterocycles. The van der Waals surface area contributed by atoms with E-state index in [2.05, 4.69) is 17.1 Å². The van der Waals surface area contributed by atoms with Crippen molar-refractivity contribution >= 4 is 11.7 Å². The van der Waals surface area contributed by atoms with Gasteiger partial charge in [0.05, 0.1) is 18.4 Å². The predicted molar refractivity (Wildman–Crippen MR) is 81.3 cm³/mol. The van der Waals surface area contributed by atoms with Crippen molar-refractivity contribution in [2.24, 2.45) is 0 Å². The summed E-state index contributed by atoms with van der Waals surface area (Å²) in [5.41, 5.74) is 1.65. The standard InChI is InChI=1S/C16H24N2O2/c1-3-4-7-13-12-18(11-10-17-13)15-9-6-5-8-14(15)16(19)20-2/h5-6,8-9,13,17H,3-4,7,10-12H2,1-2H3/t13-/m1/s1. The highest BCUT2D eigenvalue weighted by molar-refractivity contribution is 5.95. The van der Waals surface area contributed by atoms with Crippen molar-refractivity contribution < 1.29 is 9.53 Å². The van der Waals surface area contributed by atoms with Gasteiger partial charge in [0.1, 0.15) is 0 Å². The molecule has 2 rings (SSSR count). The number of esters is 1. The molecule has 1 saturated heterocycles. The number of para-hydroxylation sites is 1. The van der Waals surface area contributed by atoms with Gasteiger partial charge in [-0.2, -0.15) is 0 Å². The number of nitrogens with zero attached hydrogens (tertiary/aromatic N) is 1. The molecule has 1 aromatic carbocycles. The van der Waals surface area contributed by atoms with Crippen molar-refractivity contribution in [3.63, 3.8) is 0 Å². The van der Waals surface area contributed by atoms with Crippen LogP contribution in [0.2, 0.25) is 0 Å². The summed E-state index contributed by atoms with van der Waals surface area (Å²) >= 11 is 0. The summed E-state index contributed by atoms with van der Waals surface area (Å²) in [5, 5.41) is 3.56. The van der Waals surface area contributed by atoms with Crippen LogP contribution >= 0.6 is 0 Å². The zero-order chi connectivity index (χ0) is 14.4. The molecule has 1 atom stereocenters. The highest BCUT2D eigenvalue weighted by atomic mass is 16.5. The Morgan fingerprint density at radius 3 is 3.00 bits per heavy atom. The van der Waals surface area contributed by atoms with Crippen molar-refractivity contribution in [1.82, 2.24) is 5.32 Å². The summed E-state index contributed by atoms with van der Waals surface area (Å²) < 4.78 is 4.88. The first-order chi connectivity index (χ1) is 9.76. The van der Waals surface area contributed by atoms with Gasteiger partial charge in [0.25, 0.3) is 0 Å². The molecule has 4 heteroatoms. The lowest BCUT2D eigenvalue weighted by molar-refractivity contribution is 0.0601. The number of anilines is 1. The van der Waals surface area contributed by atoms with Crippen molar-refractivity contribution in [1.29, 1.82) is 0 Å². The molecule has 1 fully saturated rings. The summed E-state index contributed by atoms with van der Waals surface area (Å²) in [4.78, 5) is 14.2. The lowest BCUT2D eigenvalue weighted by Crippen LogP contribution is -2.51. The lowest BCUT2D eigenvalue weighted by Gasteiger charge is -2.36. The first-order valence-electron chi connectivity index (χ1n) is 7.42. The molecule has 0 saturated carbocycles. The summed E-state index contributed by atoms with van der Waals surface area (Å²) in [6, 6.07) is 8.21. The molecule has 20 heavy (non-hydrogen) atoms. The molecule has 0 bridgehead atoms. The van der Waals surface area contributed by atoms with Crippen LogP contribution in [0.3, 0.4) is 0 Å². The molecule has 0 spiro atoms. The maximum absolute atomic E-state index is 11.9. The Morgan fingerprint density at radius 2 is 2.25 bits per heavy atom. The van der Waals surface area contributed by atoms with E-state index in [1.165, 1.54) is 26.4 Å². The molecular formula is C16H24N2O2. The Bertz CT molecular complexity index is 448. The lowest BCUT2D eigenvalue weighted by atomic mass is 10.1. The van der Waals surface area contributed by atoms with Gasteiger partial charge < -0.3 is 15.0 Å². The molecule has 0 amide bonds. The van der Waals surface area contributed by atoms with Gasteiger partial charge in [0.2, 0.25) is 0 Å². The van der Waals surface area contributed by atoms with Crippen LogP contribution in [0.25, 0.3) is 0 Å². The van der Waals surface area contributed by atoms with Crippen LogP contribution in [-0.2, 0) is 4.74 Å². The molecule has 1 aliphatic heterocycles. The average Bonchev–Trinajstić information content (AvgIpc) is 2.52. The van der Waals surface area contributed by atoms with Crippen molar-refractivity contribution in [3.8, 4) is 0 Å². The van der Waals surface area contributed by atoms with Crippen LogP contribution < -0.4 is 10.2 Å². The minimum absolute atomic E-state index is 0.260. The molecule has 0 radical (unpaired) electrons. The number of hydrogen-bond acceptors (Lipinski definition) is 4. The number of benzene rings is 1. The minimum atomic E-state index is -0.260. The Labute approximate surface area is 121 Å². The second-order valence-electron chi connectivity index (χ2n) is 5.25. The number of carbonyl (C=O) groups is 1. The molecule has 110 valence electrons. The third kappa shape index (κ3) is 3.51. The van der Waals surface area contributed by atoms with E-state index in [0.717, 1.165) is 25.3 Å². The van der Waals surface area contributed by atoms with Crippen LogP contribution in [-0.4, -0.2) is 38.8 Å². The minimum Gasteiger partial charge on any atom is -0.465 e. The normalized spacial score (nSPS) is 18.9. The van der Waals surface area contributed by atoms with Gasteiger partial charge in [0.15, 0.2) is 0 Å². The number of rotatable bonds is 5. The van der Waals surface area contributed by atoms with Gasteiger partial charge in [-0.1, -0.05) is 31.9 Å². The number of piperazine rings is 1. The summed E-state index contributed by atoms with van der Waals surface area (Å²) in [5.74, 6) is -0.260. The molecule has 0 unspecified atom stereocenters. The van der Waals surface area contributed by atoms with Crippen LogP contribution in [0.5, 0.6) is 0 Å². The average molecular weight is 276 g/mol. The van der Waals surface area contributed by atoms with Gasteiger partial charge in [-0.25, -0.2) is 4.79 Å². The van der Waals surface area contributed by atoms with E-state index in [0.29, 0.717) is 11.6 Å². The highest BCUT2D eigenvalue weighted by Crippen LogP contribution is 2.23. The molecule has 4 nitrogen and oxygen atoms in total. The Balaban J connectivity index is 2.12. The number of hydrogen-bond donors (Lipinski definition) is 1. The fourth-order valence-corrected chi connectivity index (χ4v) is 2.72. The van der Waals surface area contributed by atoms with E-state index >= 15 is 0 Å². The van der Waals surface area contributed by atoms with Gasteiger partial charge in [-0.3, -0.25) is 0 Å². The fourth-order valence-electron chi connectivity index (χ4n) is 2.72. The Hall–Kier alpha value is -1.55. The smallest absolute Gasteiger partial charge is 0.339 e. The fraction of sp³-hybridized carbons (Fsp3) is 0.562. The second kappa shape index (κ2) is 7.29. The largest absolute Gasteiger partial charge is 0.465 e. The maximum atomic E-state index is 11.9. The summed E-state index contributed by atoms with van der Waals surface area (Å²) in [7, 11) is 1.43. The van der Waals surface area contributed by atoms with Gasteiger partial charge >= 0.3 is 5.97 Å². The third-order valence-electron chi connectivity index (χ3n) is 3.81. The second-order valence-corrected chi connectivity index (χ2v) is 5.25. The van der Waals surface area contributed by atoms with E-state index in [9.17, 15) is 4.79 Å². The van der Waals surface area contributed by atoms with Crippen LogP contribution in [0.4, 0.5) is 5.69 Å². The topological polar surface area (TPSA) is 41.6 Å². The van der Waals surface area contributed by atoms with Crippen molar-refractivity contribution in [2.75, 3.05) is 31.6 Å². The molecular weight excluding hydrogens is 252 g/mol. The Kier molecular flexibility index (Phi) is 5.41. The maximum Gasteiger partial charge on any atom is 0.339 e. The zero-order valence-electron chi connectivity index (χ0n) is 12.4. The number of carbonyl (C=O) groups excluding carboxylic acids is 1. The first kappa shape index (κ1) is 14.9. The quantitative estimate of drug-likeness (QED) is 0.839. The number of unbranched alkanes of at least 4 members (excludes halogenated alkanes) is 1. The zero-order valence-corrected chi connectivity index (χ0v) is 12.4. The van der Waals surface area contributed by atoms with E-state index in [1.807, 2.05) is 24.3 Å². The molecule has 1 aromatic rings. The number of methoxy groups -OCH3 is 1.